The quantitative estimate of drug-likeness (QED) is 0.395. The molecule has 0 bridgehead atoms. The van der Waals surface area contributed by atoms with Gasteiger partial charge in [0.1, 0.15) is 0 Å². The predicted molar refractivity (Wildman–Crippen MR) is 111 cm³/mol. The summed E-state index contributed by atoms with van der Waals surface area (Å²) in [6.07, 6.45) is 1.85. The molecule has 0 aliphatic carbocycles. The number of fused-ring (bicyclic) bond motifs is 1. The second-order valence-corrected chi connectivity index (χ2v) is 6.24. The van der Waals surface area contributed by atoms with Crippen molar-refractivity contribution in [3.63, 3.8) is 0 Å². The first-order chi connectivity index (χ1) is 13.3. The van der Waals surface area contributed by atoms with Gasteiger partial charge in [0.25, 0.3) is 0 Å². The minimum absolute atomic E-state index is 0.680. The van der Waals surface area contributed by atoms with Crippen molar-refractivity contribution in [3.05, 3.63) is 48.5 Å². The molecule has 0 unspecified atom stereocenters. The zero-order chi connectivity index (χ0) is 18.7. The molecule has 1 aliphatic rings. The number of ether oxygens (including phenoxy) is 2. The highest BCUT2D eigenvalue weighted by atomic mass is 16.5. The maximum atomic E-state index is 5.75. The van der Waals surface area contributed by atoms with Crippen LogP contribution in [0.25, 0.3) is 0 Å². The van der Waals surface area contributed by atoms with E-state index >= 15 is 0 Å². The van der Waals surface area contributed by atoms with Crippen molar-refractivity contribution in [2.45, 2.75) is 19.8 Å². The summed E-state index contributed by atoms with van der Waals surface area (Å²) in [5.41, 5.74) is 2.07. The molecule has 27 heavy (non-hydrogen) atoms. The third-order valence-electron chi connectivity index (χ3n) is 4.06. The van der Waals surface area contributed by atoms with E-state index in [0.29, 0.717) is 13.2 Å². The van der Waals surface area contributed by atoms with Gasteiger partial charge in [0.2, 0.25) is 0 Å². The molecule has 2 aromatic rings. The molecule has 2 aromatic carbocycles. The summed E-state index contributed by atoms with van der Waals surface area (Å²) in [6, 6.07) is 16.1. The Morgan fingerprint density at radius 1 is 1.00 bits per heavy atom. The molecule has 0 amide bonds. The van der Waals surface area contributed by atoms with Gasteiger partial charge in [-0.2, -0.15) is 0 Å². The normalized spacial score (nSPS) is 13.6. The number of anilines is 2. The molecule has 6 nitrogen and oxygen atoms in total. The van der Waals surface area contributed by atoms with Crippen molar-refractivity contribution in [3.8, 4) is 11.5 Å². The number of hydrogen-bond acceptors (Lipinski definition) is 4. The van der Waals surface area contributed by atoms with Gasteiger partial charge in [-0.15, -0.1) is 0 Å². The fourth-order valence-corrected chi connectivity index (χ4v) is 2.74. The molecule has 0 atom stereocenters. The molecule has 1 heterocycles. The molecule has 0 fully saturated rings. The SMILES string of the molecule is CCNC(=NCCCNc1ccccc1)Nc1ccc2c(c1)OCCCO2. The summed E-state index contributed by atoms with van der Waals surface area (Å²) in [4.78, 5) is 4.65. The van der Waals surface area contributed by atoms with Crippen LogP contribution in [-0.2, 0) is 0 Å². The van der Waals surface area contributed by atoms with Crippen LogP contribution >= 0.6 is 0 Å². The number of para-hydroxylation sites is 1. The average Bonchev–Trinajstić information content (AvgIpc) is 2.93. The van der Waals surface area contributed by atoms with E-state index in [0.717, 1.165) is 61.3 Å². The molecule has 3 N–H and O–H groups in total. The Hall–Kier alpha value is -2.89. The Labute approximate surface area is 161 Å². The van der Waals surface area contributed by atoms with Crippen molar-refractivity contribution in [2.24, 2.45) is 4.99 Å². The monoisotopic (exact) mass is 368 g/mol. The summed E-state index contributed by atoms with van der Waals surface area (Å²) in [6.45, 7) is 5.86. The van der Waals surface area contributed by atoms with Crippen LogP contribution in [0.3, 0.4) is 0 Å². The smallest absolute Gasteiger partial charge is 0.195 e. The van der Waals surface area contributed by atoms with Gasteiger partial charge in [0, 0.05) is 43.5 Å². The number of benzene rings is 2. The van der Waals surface area contributed by atoms with Crippen LogP contribution in [0.5, 0.6) is 11.5 Å². The van der Waals surface area contributed by atoms with E-state index in [1.54, 1.807) is 0 Å². The largest absolute Gasteiger partial charge is 0.490 e. The Balaban J connectivity index is 1.52. The van der Waals surface area contributed by atoms with Gasteiger partial charge in [-0.25, -0.2) is 0 Å². The lowest BCUT2D eigenvalue weighted by Crippen LogP contribution is -2.30. The number of nitrogens with zero attached hydrogens (tertiary/aromatic N) is 1. The van der Waals surface area contributed by atoms with Crippen LogP contribution < -0.4 is 25.4 Å². The van der Waals surface area contributed by atoms with Crippen LogP contribution in [0.4, 0.5) is 11.4 Å². The van der Waals surface area contributed by atoms with Gasteiger partial charge in [0.15, 0.2) is 17.5 Å². The van der Waals surface area contributed by atoms with Crippen molar-refractivity contribution in [1.82, 2.24) is 5.32 Å². The van der Waals surface area contributed by atoms with E-state index in [9.17, 15) is 0 Å². The van der Waals surface area contributed by atoms with Crippen molar-refractivity contribution in [1.29, 1.82) is 0 Å². The van der Waals surface area contributed by atoms with Crippen molar-refractivity contribution in [2.75, 3.05) is 43.5 Å². The molecule has 6 heteroatoms. The summed E-state index contributed by atoms with van der Waals surface area (Å²) in [5.74, 6) is 2.35. The van der Waals surface area contributed by atoms with E-state index in [1.165, 1.54) is 0 Å². The minimum atomic E-state index is 0.680. The zero-order valence-corrected chi connectivity index (χ0v) is 15.8. The molecule has 3 rings (SSSR count). The fourth-order valence-electron chi connectivity index (χ4n) is 2.74. The Bertz CT molecular complexity index is 734. The minimum Gasteiger partial charge on any atom is -0.490 e. The number of aliphatic imine (C=N–C) groups is 1. The number of hydrogen-bond donors (Lipinski definition) is 3. The van der Waals surface area contributed by atoms with E-state index in [2.05, 4.69) is 40.0 Å². The zero-order valence-electron chi connectivity index (χ0n) is 15.8. The predicted octanol–water partition coefficient (Wildman–Crippen LogP) is 3.73. The number of guanidine groups is 1. The standard InChI is InChI=1S/C21H28N4O2/c1-2-22-21(24-13-6-12-23-17-8-4-3-5-9-17)25-18-10-11-19-20(16-18)27-15-7-14-26-19/h3-5,8-11,16,23H,2,6-7,12-15H2,1H3,(H2,22,24,25). The van der Waals surface area contributed by atoms with E-state index in [-0.39, 0.29) is 0 Å². The van der Waals surface area contributed by atoms with Gasteiger partial charge in [0.05, 0.1) is 13.2 Å². The summed E-state index contributed by atoms with van der Waals surface area (Å²) in [5, 5.41) is 10.0. The summed E-state index contributed by atoms with van der Waals surface area (Å²) in [7, 11) is 0. The van der Waals surface area contributed by atoms with Crippen LogP contribution in [0, 0.1) is 0 Å². The van der Waals surface area contributed by atoms with Gasteiger partial charge >= 0.3 is 0 Å². The highest BCUT2D eigenvalue weighted by molar-refractivity contribution is 5.93. The van der Waals surface area contributed by atoms with Crippen LogP contribution in [0.15, 0.2) is 53.5 Å². The Morgan fingerprint density at radius 3 is 2.63 bits per heavy atom. The topological polar surface area (TPSA) is 66.9 Å². The van der Waals surface area contributed by atoms with Crippen LogP contribution in [-0.4, -0.2) is 38.8 Å². The molecule has 1 aliphatic heterocycles. The molecular formula is C21H28N4O2. The van der Waals surface area contributed by atoms with E-state index < -0.39 is 0 Å². The van der Waals surface area contributed by atoms with E-state index in [1.807, 2.05) is 36.4 Å². The highest BCUT2D eigenvalue weighted by Crippen LogP contribution is 2.32. The third kappa shape index (κ3) is 6.09. The van der Waals surface area contributed by atoms with Gasteiger partial charge in [-0.05, 0) is 37.6 Å². The maximum Gasteiger partial charge on any atom is 0.195 e. The van der Waals surface area contributed by atoms with Crippen LogP contribution in [0.1, 0.15) is 19.8 Å². The van der Waals surface area contributed by atoms with Crippen molar-refractivity contribution < 1.29 is 9.47 Å². The van der Waals surface area contributed by atoms with E-state index in [4.69, 9.17) is 9.47 Å². The van der Waals surface area contributed by atoms with Gasteiger partial charge < -0.3 is 25.4 Å². The molecule has 144 valence electrons. The lowest BCUT2D eigenvalue weighted by molar-refractivity contribution is 0.297. The second kappa shape index (κ2) is 10.3. The first kappa shape index (κ1) is 18.9. The molecule has 0 aromatic heterocycles. The van der Waals surface area contributed by atoms with Crippen molar-refractivity contribution >= 4 is 17.3 Å². The molecule has 0 saturated carbocycles. The first-order valence-electron chi connectivity index (χ1n) is 9.59. The lowest BCUT2D eigenvalue weighted by atomic mass is 10.2. The second-order valence-electron chi connectivity index (χ2n) is 6.24. The van der Waals surface area contributed by atoms with Gasteiger partial charge in [-0.1, -0.05) is 18.2 Å². The first-order valence-corrected chi connectivity index (χ1v) is 9.59. The molecule has 0 spiro atoms. The third-order valence-corrected chi connectivity index (χ3v) is 4.06. The molecular weight excluding hydrogens is 340 g/mol. The Morgan fingerprint density at radius 2 is 1.81 bits per heavy atom. The average molecular weight is 368 g/mol. The lowest BCUT2D eigenvalue weighted by Gasteiger charge is -2.14. The molecule has 0 saturated heterocycles. The summed E-state index contributed by atoms with van der Waals surface area (Å²) >= 11 is 0. The molecule has 0 radical (unpaired) electrons. The van der Waals surface area contributed by atoms with Gasteiger partial charge in [-0.3, -0.25) is 4.99 Å². The number of nitrogens with one attached hydrogen (secondary N) is 3. The fraction of sp³-hybridized carbons (Fsp3) is 0.381. The Kier molecular flexibility index (Phi) is 7.21. The van der Waals surface area contributed by atoms with Crippen LogP contribution in [0.2, 0.25) is 0 Å². The summed E-state index contributed by atoms with van der Waals surface area (Å²) < 4.78 is 11.4. The number of rotatable bonds is 7. The maximum absolute atomic E-state index is 5.75. The highest BCUT2D eigenvalue weighted by Gasteiger charge is 2.11.